The molecule has 0 spiro atoms. The van der Waals surface area contributed by atoms with Crippen LogP contribution in [0.15, 0.2) is 65.6 Å². The van der Waals surface area contributed by atoms with Crippen molar-refractivity contribution < 1.29 is 14.3 Å². The average molecular weight is 368 g/mol. The van der Waals surface area contributed by atoms with Gasteiger partial charge in [-0.25, -0.2) is 0 Å². The molecule has 2 heterocycles. The van der Waals surface area contributed by atoms with E-state index >= 15 is 0 Å². The number of benzene rings is 2. The summed E-state index contributed by atoms with van der Waals surface area (Å²) in [4.78, 5) is 26.8. The fourth-order valence-electron chi connectivity index (χ4n) is 2.60. The molecule has 2 aromatic carbocycles. The Hall–Kier alpha value is -2.64. The van der Waals surface area contributed by atoms with Crippen LogP contribution in [0.1, 0.15) is 0 Å². The summed E-state index contributed by atoms with van der Waals surface area (Å²) in [7, 11) is 0. The average Bonchev–Trinajstić information content (AvgIpc) is 2.90. The lowest BCUT2D eigenvalue weighted by atomic mass is 10.2. The lowest BCUT2D eigenvalue weighted by Gasteiger charge is -2.23. The van der Waals surface area contributed by atoms with Gasteiger partial charge in [0.05, 0.1) is 16.3 Å². The van der Waals surface area contributed by atoms with Gasteiger partial charge in [0.2, 0.25) is 0 Å². The Balaban J connectivity index is 1.61. The number of hydrogen-bond donors (Lipinski definition) is 1. The molecule has 4 rings (SSSR count). The van der Waals surface area contributed by atoms with E-state index in [0.717, 1.165) is 11.8 Å². The van der Waals surface area contributed by atoms with Crippen molar-refractivity contribution in [3.8, 4) is 5.75 Å². The maximum absolute atomic E-state index is 12.7. The van der Waals surface area contributed by atoms with E-state index in [0.29, 0.717) is 26.3 Å². The number of thiocarbonyl (C=S) groups is 1. The fraction of sp³-hybridized carbons (Fsp3) is 0.0556. The quantitative estimate of drug-likeness (QED) is 0.651. The number of hydrogen-bond acceptors (Lipinski definition) is 5. The van der Waals surface area contributed by atoms with Crippen LogP contribution in [0.4, 0.5) is 11.4 Å². The number of carbonyl (C=O) groups is 2. The summed E-state index contributed by atoms with van der Waals surface area (Å²) in [5, 5.41) is 2.78. The standard InChI is InChI=1S/C18H12N2O3S2/c21-16-14(23-13-9-5-4-8-12(13)19-16)10-15-17(22)20(18(24)25-15)11-6-2-1-3-7-11/h1-10,14H,(H,19,21). The second kappa shape index (κ2) is 6.34. The molecule has 1 saturated heterocycles. The van der Waals surface area contributed by atoms with Crippen LogP contribution in [0.2, 0.25) is 0 Å². The van der Waals surface area contributed by atoms with Gasteiger partial charge in [-0.05, 0) is 30.3 Å². The van der Waals surface area contributed by atoms with E-state index in [-0.39, 0.29) is 11.8 Å². The van der Waals surface area contributed by atoms with Crippen LogP contribution in [0.25, 0.3) is 0 Å². The first kappa shape index (κ1) is 15.9. The zero-order valence-electron chi connectivity index (χ0n) is 12.8. The van der Waals surface area contributed by atoms with Gasteiger partial charge in [0.1, 0.15) is 5.75 Å². The highest BCUT2D eigenvalue weighted by atomic mass is 32.2. The van der Waals surface area contributed by atoms with Gasteiger partial charge in [0, 0.05) is 0 Å². The molecule has 1 atom stereocenters. The molecule has 0 aromatic heterocycles. The molecular weight excluding hydrogens is 356 g/mol. The third kappa shape index (κ3) is 2.92. The van der Waals surface area contributed by atoms with Crippen molar-refractivity contribution in [1.82, 2.24) is 0 Å². The molecule has 0 saturated carbocycles. The van der Waals surface area contributed by atoms with Crippen molar-refractivity contribution in [1.29, 1.82) is 0 Å². The highest BCUT2D eigenvalue weighted by molar-refractivity contribution is 8.27. The van der Waals surface area contributed by atoms with E-state index in [2.05, 4.69) is 5.32 Å². The van der Waals surface area contributed by atoms with Gasteiger partial charge in [-0.15, -0.1) is 0 Å². The van der Waals surface area contributed by atoms with Gasteiger partial charge in [0.15, 0.2) is 10.4 Å². The second-order valence-electron chi connectivity index (χ2n) is 5.40. The summed E-state index contributed by atoms with van der Waals surface area (Å²) >= 11 is 6.49. The van der Waals surface area contributed by atoms with E-state index in [1.165, 1.54) is 11.0 Å². The second-order valence-corrected chi connectivity index (χ2v) is 7.07. The largest absolute Gasteiger partial charge is 0.474 e. The van der Waals surface area contributed by atoms with Crippen LogP contribution in [0.5, 0.6) is 5.75 Å². The van der Waals surface area contributed by atoms with Gasteiger partial charge < -0.3 is 10.1 Å². The van der Waals surface area contributed by atoms with Crippen molar-refractivity contribution in [2.24, 2.45) is 0 Å². The summed E-state index contributed by atoms with van der Waals surface area (Å²) in [5.41, 5.74) is 1.32. The molecule has 1 fully saturated rings. The topological polar surface area (TPSA) is 58.6 Å². The van der Waals surface area contributed by atoms with Crippen molar-refractivity contribution in [2.45, 2.75) is 6.10 Å². The lowest BCUT2D eigenvalue weighted by Crippen LogP contribution is -2.36. The van der Waals surface area contributed by atoms with Crippen LogP contribution in [0.3, 0.4) is 0 Å². The molecule has 7 heteroatoms. The molecule has 0 bridgehead atoms. The first-order valence-electron chi connectivity index (χ1n) is 7.53. The zero-order chi connectivity index (χ0) is 17.4. The number of thioether (sulfide) groups is 1. The number of ether oxygens (including phenoxy) is 1. The van der Waals surface area contributed by atoms with Crippen molar-refractivity contribution in [3.63, 3.8) is 0 Å². The monoisotopic (exact) mass is 368 g/mol. The number of amides is 2. The number of fused-ring (bicyclic) bond motifs is 1. The molecule has 0 aliphatic carbocycles. The Morgan fingerprint density at radius 3 is 2.60 bits per heavy atom. The van der Waals surface area contributed by atoms with Crippen LogP contribution in [-0.2, 0) is 9.59 Å². The number of carbonyl (C=O) groups excluding carboxylic acids is 2. The molecule has 2 aliphatic heterocycles. The van der Waals surface area contributed by atoms with Crippen molar-refractivity contribution in [2.75, 3.05) is 10.2 Å². The van der Waals surface area contributed by atoms with Crippen LogP contribution < -0.4 is 15.0 Å². The number of nitrogens with one attached hydrogen (secondary N) is 1. The van der Waals surface area contributed by atoms with Gasteiger partial charge in [-0.1, -0.05) is 54.3 Å². The Labute approximate surface area is 153 Å². The van der Waals surface area contributed by atoms with E-state index in [9.17, 15) is 9.59 Å². The molecule has 0 radical (unpaired) electrons. The zero-order valence-corrected chi connectivity index (χ0v) is 14.5. The van der Waals surface area contributed by atoms with Gasteiger partial charge >= 0.3 is 0 Å². The van der Waals surface area contributed by atoms with Gasteiger partial charge in [0.25, 0.3) is 11.8 Å². The first-order chi connectivity index (χ1) is 12.1. The van der Waals surface area contributed by atoms with Crippen molar-refractivity contribution in [3.05, 3.63) is 65.6 Å². The van der Waals surface area contributed by atoms with Crippen LogP contribution in [-0.4, -0.2) is 22.2 Å². The normalized spacial score (nSPS) is 21.1. The summed E-state index contributed by atoms with van der Waals surface area (Å²) in [5.74, 6) is 0.00188. The molecule has 124 valence electrons. The molecule has 5 nitrogen and oxygen atoms in total. The highest BCUT2D eigenvalue weighted by Crippen LogP contribution is 2.36. The molecule has 2 aromatic rings. The van der Waals surface area contributed by atoms with E-state index in [1.54, 1.807) is 12.1 Å². The predicted octanol–water partition coefficient (Wildman–Crippen LogP) is 3.33. The maximum atomic E-state index is 12.7. The summed E-state index contributed by atoms with van der Waals surface area (Å²) < 4.78 is 6.14. The fourth-order valence-corrected chi connectivity index (χ4v) is 3.89. The predicted molar refractivity (Wildman–Crippen MR) is 102 cm³/mol. The number of para-hydroxylation sites is 3. The first-order valence-corrected chi connectivity index (χ1v) is 8.75. The molecule has 25 heavy (non-hydrogen) atoms. The molecule has 1 N–H and O–H groups in total. The maximum Gasteiger partial charge on any atom is 0.270 e. The van der Waals surface area contributed by atoms with Crippen LogP contribution >= 0.6 is 24.0 Å². The summed E-state index contributed by atoms with van der Waals surface area (Å²) in [6, 6.07) is 16.3. The SMILES string of the molecule is O=C1Nc2ccccc2OC1C=C1SC(=S)N(c2ccccc2)C1=O. The number of nitrogens with zero attached hydrogens (tertiary/aromatic N) is 1. The summed E-state index contributed by atoms with van der Waals surface area (Å²) in [6.07, 6.45) is 0.646. The third-order valence-corrected chi connectivity index (χ3v) is 5.09. The van der Waals surface area contributed by atoms with E-state index < -0.39 is 6.10 Å². The third-order valence-electron chi connectivity index (χ3n) is 3.77. The minimum Gasteiger partial charge on any atom is -0.474 e. The minimum absolute atomic E-state index is 0.253. The summed E-state index contributed by atoms with van der Waals surface area (Å²) in [6.45, 7) is 0. The molecule has 2 amide bonds. The molecule has 1 unspecified atom stereocenters. The molecule has 2 aliphatic rings. The van der Waals surface area contributed by atoms with E-state index in [1.807, 2.05) is 42.5 Å². The van der Waals surface area contributed by atoms with Crippen molar-refractivity contribution >= 4 is 51.5 Å². The van der Waals surface area contributed by atoms with Gasteiger partial charge in [-0.3, -0.25) is 14.5 Å². The number of anilines is 2. The Bertz CT molecular complexity index is 912. The Kier molecular flexibility index (Phi) is 4.03. The lowest BCUT2D eigenvalue weighted by molar-refractivity contribution is -0.121. The Morgan fingerprint density at radius 2 is 1.80 bits per heavy atom. The number of rotatable bonds is 2. The smallest absolute Gasteiger partial charge is 0.270 e. The van der Waals surface area contributed by atoms with Gasteiger partial charge in [-0.2, -0.15) is 0 Å². The van der Waals surface area contributed by atoms with Crippen LogP contribution in [0, 0.1) is 0 Å². The minimum atomic E-state index is -0.875. The highest BCUT2D eigenvalue weighted by Gasteiger charge is 2.36. The molecular formula is C18H12N2O3S2. The van der Waals surface area contributed by atoms with E-state index in [4.69, 9.17) is 17.0 Å². The Morgan fingerprint density at radius 1 is 1.08 bits per heavy atom.